The van der Waals surface area contributed by atoms with Crippen molar-refractivity contribution in [2.24, 2.45) is 5.41 Å². The first-order valence-corrected chi connectivity index (χ1v) is 12.0. The van der Waals surface area contributed by atoms with Gasteiger partial charge in [0.05, 0.1) is 6.07 Å². The van der Waals surface area contributed by atoms with E-state index in [1.807, 2.05) is 6.07 Å². The SMILES string of the molecule is N#CC1(NC(=O)[C@H](CC(F)(F)Cc2ccccc2OC(F)(F)F)NC(=O)ON2CCC3(CC2)CC3)CC1. The van der Waals surface area contributed by atoms with E-state index >= 15 is 8.78 Å². The third kappa shape index (κ3) is 7.44. The fraction of sp³-hybridized carbons (Fsp3) is 0.625. The molecule has 3 aliphatic rings. The van der Waals surface area contributed by atoms with Gasteiger partial charge < -0.3 is 20.2 Å². The van der Waals surface area contributed by atoms with Crippen LogP contribution < -0.4 is 15.4 Å². The molecule has 37 heavy (non-hydrogen) atoms. The van der Waals surface area contributed by atoms with Gasteiger partial charge in [-0.25, -0.2) is 13.6 Å². The molecule has 1 heterocycles. The molecule has 0 bridgehead atoms. The normalized spacial score (nSPS) is 20.9. The lowest BCUT2D eigenvalue weighted by molar-refractivity contribution is -0.275. The van der Waals surface area contributed by atoms with E-state index in [-0.39, 0.29) is 0 Å². The van der Waals surface area contributed by atoms with Crippen molar-refractivity contribution in [2.75, 3.05) is 13.1 Å². The molecule has 1 aliphatic heterocycles. The van der Waals surface area contributed by atoms with Crippen molar-refractivity contribution in [3.05, 3.63) is 29.8 Å². The molecule has 0 unspecified atom stereocenters. The van der Waals surface area contributed by atoms with E-state index in [2.05, 4.69) is 15.4 Å². The monoisotopic (exact) mass is 530 g/mol. The summed E-state index contributed by atoms with van der Waals surface area (Å²) in [6.07, 6.45) is -4.01. The van der Waals surface area contributed by atoms with Crippen LogP contribution >= 0.6 is 0 Å². The predicted molar refractivity (Wildman–Crippen MR) is 118 cm³/mol. The molecule has 1 saturated heterocycles. The molecule has 2 N–H and O–H groups in total. The summed E-state index contributed by atoms with van der Waals surface area (Å²) >= 11 is 0. The van der Waals surface area contributed by atoms with E-state index in [0.717, 1.165) is 37.8 Å². The van der Waals surface area contributed by atoms with Gasteiger partial charge in [0.2, 0.25) is 5.91 Å². The topological polar surface area (TPSA) is 104 Å². The van der Waals surface area contributed by atoms with Gasteiger partial charge in [-0.2, -0.15) is 5.26 Å². The molecule has 1 spiro atoms. The van der Waals surface area contributed by atoms with E-state index in [0.29, 0.717) is 31.3 Å². The highest BCUT2D eigenvalue weighted by atomic mass is 19.4. The lowest BCUT2D eigenvalue weighted by Gasteiger charge is -2.31. The number of hydrogen-bond acceptors (Lipinski definition) is 6. The van der Waals surface area contributed by atoms with Crippen molar-refractivity contribution in [1.82, 2.24) is 15.7 Å². The molecule has 8 nitrogen and oxygen atoms in total. The average Bonchev–Trinajstić information content (AvgIpc) is 3.73. The number of halogens is 5. The van der Waals surface area contributed by atoms with Gasteiger partial charge in [0.15, 0.2) is 0 Å². The Labute approximate surface area is 210 Å². The van der Waals surface area contributed by atoms with Gasteiger partial charge in [-0.05, 0) is 50.0 Å². The van der Waals surface area contributed by atoms with Crippen LogP contribution in [-0.4, -0.2) is 54.0 Å². The van der Waals surface area contributed by atoms with Gasteiger partial charge in [-0.15, -0.1) is 18.2 Å². The molecule has 1 atom stereocenters. The number of para-hydroxylation sites is 1. The number of alkyl halides is 5. The van der Waals surface area contributed by atoms with Crippen molar-refractivity contribution in [2.45, 2.75) is 75.2 Å². The summed E-state index contributed by atoms with van der Waals surface area (Å²) in [6.45, 7) is 0.960. The highest BCUT2D eigenvalue weighted by Crippen LogP contribution is 2.53. The maximum Gasteiger partial charge on any atom is 0.573 e. The summed E-state index contributed by atoms with van der Waals surface area (Å²) in [5.41, 5.74) is -1.30. The number of carbonyl (C=O) groups excluding carboxylic acids is 2. The van der Waals surface area contributed by atoms with Crippen LogP contribution in [0.2, 0.25) is 0 Å². The lowest BCUT2D eigenvalue weighted by Crippen LogP contribution is -2.53. The van der Waals surface area contributed by atoms with Gasteiger partial charge in [-0.1, -0.05) is 18.2 Å². The standard InChI is InChI=1S/C24H27F5N4O4/c25-23(26,13-16-3-1-2-4-18(16)36-24(27,28)29)14-17(19(34)32-22(15-30)7-8-22)31-20(35)37-33-11-9-21(5-6-21)10-12-33/h1-4,17H,5-14H2,(H,31,35)(H,32,34)/t17-/m0/s1. The zero-order chi connectivity index (χ0) is 26.9. The molecule has 2 saturated carbocycles. The van der Waals surface area contributed by atoms with E-state index in [1.165, 1.54) is 17.2 Å². The number of rotatable bonds is 9. The van der Waals surface area contributed by atoms with Crippen LogP contribution in [0.4, 0.5) is 26.7 Å². The van der Waals surface area contributed by atoms with Crippen molar-refractivity contribution in [3.63, 3.8) is 0 Å². The van der Waals surface area contributed by atoms with Crippen LogP contribution in [0.25, 0.3) is 0 Å². The number of nitrogens with one attached hydrogen (secondary N) is 2. The Balaban J connectivity index is 1.43. The molecular formula is C24H27F5N4O4. The van der Waals surface area contributed by atoms with E-state index in [9.17, 15) is 28.0 Å². The van der Waals surface area contributed by atoms with E-state index in [1.54, 1.807) is 0 Å². The Hall–Kier alpha value is -3.14. The molecule has 0 aromatic heterocycles. The molecule has 13 heteroatoms. The Morgan fingerprint density at radius 2 is 1.70 bits per heavy atom. The number of nitrogens with zero attached hydrogens (tertiary/aromatic N) is 2. The number of carbonyl (C=O) groups is 2. The molecule has 202 valence electrons. The number of piperidine rings is 1. The summed E-state index contributed by atoms with van der Waals surface area (Å²) in [5.74, 6) is -5.53. The van der Waals surface area contributed by atoms with Crippen LogP contribution in [-0.2, 0) is 16.1 Å². The van der Waals surface area contributed by atoms with Gasteiger partial charge in [0.25, 0.3) is 5.92 Å². The second kappa shape index (κ2) is 9.96. The number of hydroxylamine groups is 2. The Bertz CT molecular complexity index is 1060. The molecule has 0 radical (unpaired) electrons. The largest absolute Gasteiger partial charge is 0.573 e. The zero-order valence-electron chi connectivity index (χ0n) is 19.9. The van der Waals surface area contributed by atoms with Crippen molar-refractivity contribution < 1.29 is 41.1 Å². The summed E-state index contributed by atoms with van der Waals surface area (Å²) < 4.78 is 72.1. The quantitative estimate of drug-likeness (QED) is 0.464. The second-order valence-electron chi connectivity index (χ2n) is 10.1. The summed E-state index contributed by atoms with van der Waals surface area (Å²) in [4.78, 5) is 30.5. The minimum absolute atomic E-state index is 0.308. The number of ether oxygens (including phenoxy) is 1. The smallest absolute Gasteiger partial charge is 0.405 e. The number of amides is 2. The highest BCUT2D eigenvalue weighted by molar-refractivity contribution is 5.86. The van der Waals surface area contributed by atoms with Crippen LogP contribution in [0.1, 0.15) is 50.5 Å². The highest BCUT2D eigenvalue weighted by Gasteiger charge is 2.48. The third-order valence-corrected chi connectivity index (χ3v) is 7.04. The minimum atomic E-state index is -5.08. The predicted octanol–water partition coefficient (Wildman–Crippen LogP) is 4.21. The first-order chi connectivity index (χ1) is 17.3. The number of benzene rings is 1. The van der Waals surface area contributed by atoms with Gasteiger partial charge in [0, 0.05) is 31.5 Å². The zero-order valence-corrected chi connectivity index (χ0v) is 19.9. The molecule has 2 aliphatic carbocycles. The van der Waals surface area contributed by atoms with Gasteiger partial charge >= 0.3 is 12.5 Å². The Kier molecular flexibility index (Phi) is 7.25. The maximum atomic E-state index is 15.1. The second-order valence-corrected chi connectivity index (χ2v) is 10.1. The molecule has 1 aromatic carbocycles. The maximum absolute atomic E-state index is 15.1. The van der Waals surface area contributed by atoms with E-state index in [4.69, 9.17) is 4.84 Å². The van der Waals surface area contributed by atoms with Gasteiger partial charge in [0.1, 0.15) is 17.3 Å². The Morgan fingerprint density at radius 3 is 2.27 bits per heavy atom. The minimum Gasteiger partial charge on any atom is -0.405 e. The molecular weight excluding hydrogens is 503 g/mol. The van der Waals surface area contributed by atoms with Crippen molar-refractivity contribution in [1.29, 1.82) is 5.26 Å². The first-order valence-electron chi connectivity index (χ1n) is 12.0. The van der Waals surface area contributed by atoms with Crippen LogP contribution in [0.15, 0.2) is 24.3 Å². The first kappa shape index (κ1) is 26.9. The summed E-state index contributed by atoms with van der Waals surface area (Å²) in [6, 6.07) is 4.56. The summed E-state index contributed by atoms with van der Waals surface area (Å²) in [5, 5.41) is 15.2. The molecule has 4 rings (SSSR count). The fourth-order valence-electron chi connectivity index (χ4n) is 4.46. The van der Waals surface area contributed by atoms with Crippen molar-refractivity contribution >= 4 is 12.0 Å². The summed E-state index contributed by atoms with van der Waals surface area (Å²) in [7, 11) is 0. The lowest BCUT2D eigenvalue weighted by atomic mass is 9.95. The van der Waals surface area contributed by atoms with Crippen LogP contribution in [0.5, 0.6) is 5.75 Å². The average molecular weight is 530 g/mol. The van der Waals surface area contributed by atoms with Gasteiger partial charge in [-0.3, -0.25) is 4.79 Å². The Morgan fingerprint density at radius 1 is 1.05 bits per heavy atom. The third-order valence-electron chi connectivity index (χ3n) is 7.04. The molecule has 2 amide bonds. The fourth-order valence-corrected chi connectivity index (χ4v) is 4.46. The molecule has 3 fully saturated rings. The van der Waals surface area contributed by atoms with Crippen LogP contribution in [0.3, 0.4) is 0 Å². The van der Waals surface area contributed by atoms with E-state index < -0.39 is 60.0 Å². The van der Waals surface area contributed by atoms with Crippen LogP contribution in [0, 0.1) is 16.7 Å². The molecule has 1 aromatic rings. The number of nitriles is 1. The number of hydrogen-bond donors (Lipinski definition) is 2. The van der Waals surface area contributed by atoms with Crippen molar-refractivity contribution in [3.8, 4) is 11.8 Å².